The van der Waals surface area contributed by atoms with E-state index >= 15 is 0 Å². The molecule has 0 aromatic heterocycles. The molecule has 10 heteroatoms. The van der Waals surface area contributed by atoms with Crippen LogP contribution >= 0.6 is 0 Å². The molecular formula is C16H30O10. The normalized spacial score (nSPS) is 47.3. The Kier molecular flexibility index (Phi) is 7.74. The van der Waals surface area contributed by atoms with E-state index in [1.165, 1.54) is 0 Å². The lowest BCUT2D eigenvalue weighted by Crippen LogP contribution is -2.64. The standard InChI is InChI=1S/C16H30O10/c1-6(2)14-11(21)12(22)15(9(5-19)24-14)26-16-13(23)10(20)7(3-17)8(4-18)25-16/h6-23H,3-5H2,1-2H3/t7-,8?,9?,10-,11?,12+,13?,14-,15+,16-/m0/s1. The van der Waals surface area contributed by atoms with Gasteiger partial charge in [-0.3, -0.25) is 0 Å². The van der Waals surface area contributed by atoms with Crippen molar-refractivity contribution in [3.05, 3.63) is 0 Å². The molecule has 154 valence electrons. The summed E-state index contributed by atoms with van der Waals surface area (Å²) >= 11 is 0. The first-order valence-electron chi connectivity index (χ1n) is 8.78. The van der Waals surface area contributed by atoms with E-state index in [9.17, 15) is 35.7 Å². The Morgan fingerprint density at radius 1 is 0.769 bits per heavy atom. The molecule has 2 rings (SSSR count). The van der Waals surface area contributed by atoms with Crippen LogP contribution in [-0.4, -0.2) is 111 Å². The highest BCUT2D eigenvalue weighted by atomic mass is 16.7. The summed E-state index contributed by atoms with van der Waals surface area (Å²) in [5.41, 5.74) is 0. The zero-order chi connectivity index (χ0) is 19.6. The van der Waals surface area contributed by atoms with Crippen molar-refractivity contribution in [3.8, 4) is 0 Å². The van der Waals surface area contributed by atoms with Crippen LogP contribution in [0.1, 0.15) is 13.8 Å². The Bertz CT molecular complexity index is 431. The Hall–Kier alpha value is -0.400. The third kappa shape index (κ3) is 4.20. The molecule has 0 aliphatic carbocycles. The van der Waals surface area contributed by atoms with E-state index in [-0.39, 0.29) is 5.92 Å². The molecule has 0 bridgehead atoms. The molecule has 0 aromatic carbocycles. The van der Waals surface area contributed by atoms with Crippen molar-refractivity contribution < 1.29 is 50.0 Å². The predicted molar refractivity (Wildman–Crippen MR) is 85.8 cm³/mol. The summed E-state index contributed by atoms with van der Waals surface area (Å²) in [6, 6.07) is 0. The van der Waals surface area contributed by atoms with Crippen LogP contribution in [0.3, 0.4) is 0 Å². The minimum Gasteiger partial charge on any atom is -0.396 e. The fourth-order valence-corrected chi connectivity index (χ4v) is 3.49. The molecule has 2 heterocycles. The second-order valence-corrected chi connectivity index (χ2v) is 7.20. The highest BCUT2D eigenvalue weighted by molar-refractivity contribution is 4.96. The molecule has 2 aliphatic rings. The first kappa shape index (κ1) is 21.9. The Labute approximate surface area is 151 Å². The smallest absolute Gasteiger partial charge is 0.187 e. The highest BCUT2D eigenvalue weighted by Crippen LogP contribution is 2.32. The van der Waals surface area contributed by atoms with Gasteiger partial charge in [-0.25, -0.2) is 0 Å². The first-order chi connectivity index (χ1) is 12.3. The van der Waals surface area contributed by atoms with Gasteiger partial charge >= 0.3 is 0 Å². The first-order valence-corrected chi connectivity index (χ1v) is 8.78. The maximum atomic E-state index is 10.4. The molecule has 2 aliphatic heterocycles. The van der Waals surface area contributed by atoms with E-state index in [0.29, 0.717) is 0 Å². The lowest BCUT2D eigenvalue weighted by atomic mass is 9.88. The molecule has 7 N–H and O–H groups in total. The van der Waals surface area contributed by atoms with Gasteiger partial charge in [0.15, 0.2) is 6.29 Å². The summed E-state index contributed by atoms with van der Waals surface area (Å²) in [6.07, 6.45) is -11.1. The quantitative estimate of drug-likeness (QED) is 0.245. The molecule has 2 saturated heterocycles. The lowest BCUT2D eigenvalue weighted by molar-refractivity contribution is -0.340. The molecule has 10 atom stereocenters. The van der Waals surface area contributed by atoms with Crippen LogP contribution in [0.2, 0.25) is 0 Å². The van der Waals surface area contributed by atoms with E-state index in [2.05, 4.69) is 0 Å². The molecule has 2 fully saturated rings. The lowest BCUT2D eigenvalue weighted by Gasteiger charge is -2.47. The van der Waals surface area contributed by atoms with E-state index in [1.807, 2.05) is 0 Å². The topological polar surface area (TPSA) is 169 Å². The van der Waals surface area contributed by atoms with Gasteiger partial charge in [-0.2, -0.15) is 0 Å². The van der Waals surface area contributed by atoms with Gasteiger partial charge in [-0.15, -0.1) is 0 Å². The molecule has 0 radical (unpaired) electrons. The number of hydrogen-bond donors (Lipinski definition) is 7. The largest absolute Gasteiger partial charge is 0.396 e. The fraction of sp³-hybridized carbons (Fsp3) is 1.00. The van der Waals surface area contributed by atoms with Crippen molar-refractivity contribution in [1.29, 1.82) is 0 Å². The van der Waals surface area contributed by atoms with Crippen LogP contribution in [0, 0.1) is 11.8 Å². The van der Waals surface area contributed by atoms with Gasteiger partial charge in [0.05, 0.1) is 38.1 Å². The number of aliphatic hydroxyl groups is 7. The zero-order valence-electron chi connectivity index (χ0n) is 14.8. The molecule has 0 amide bonds. The number of rotatable bonds is 6. The van der Waals surface area contributed by atoms with Crippen LogP contribution in [0.25, 0.3) is 0 Å². The van der Waals surface area contributed by atoms with Gasteiger partial charge in [-0.1, -0.05) is 13.8 Å². The summed E-state index contributed by atoms with van der Waals surface area (Å²) in [7, 11) is 0. The van der Waals surface area contributed by atoms with Gasteiger partial charge < -0.3 is 50.0 Å². The SMILES string of the molecule is CC(C)[C@@H]1OC(CO)[C@@H](O[C@@H]2OC(CO)[C@H](CO)[C@H](O)C2O)[C@H](O)C1O. The molecular weight excluding hydrogens is 352 g/mol. The zero-order valence-corrected chi connectivity index (χ0v) is 14.8. The van der Waals surface area contributed by atoms with E-state index in [0.717, 1.165) is 0 Å². The third-order valence-electron chi connectivity index (χ3n) is 5.09. The number of ether oxygens (including phenoxy) is 3. The summed E-state index contributed by atoms with van der Waals surface area (Å²) in [5.74, 6) is -1.04. The molecule has 4 unspecified atom stereocenters. The van der Waals surface area contributed by atoms with Crippen molar-refractivity contribution in [1.82, 2.24) is 0 Å². The van der Waals surface area contributed by atoms with E-state index in [4.69, 9.17) is 14.2 Å². The van der Waals surface area contributed by atoms with Crippen molar-refractivity contribution in [3.63, 3.8) is 0 Å². The van der Waals surface area contributed by atoms with Gasteiger partial charge in [0.1, 0.15) is 30.5 Å². The summed E-state index contributed by atoms with van der Waals surface area (Å²) in [5, 5.41) is 69.2. The highest BCUT2D eigenvalue weighted by Gasteiger charge is 2.50. The molecule has 0 spiro atoms. The maximum Gasteiger partial charge on any atom is 0.187 e. The van der Waals surface area contributed by atoms with Crippen LogP contribution in [-0.2, 0) is 14.2 Å². The molecule has 26 heavy (non-hydrogen) atoms. The summed E-state index contributed by atoms with van der Waals surface area (Å²) in [6.45, 7) is 2.04. The molecule has 10 nitrogen and oxygen atoms in total. The van der Waals surface area contributed by atoms with Crippen LogP contribution in [0.4, 0.5) is 0 Å². The minimum absolute atomic E-state index is 0.128. The predicted octanol–water partition coefficient (Wildman–Crippen LogP) is -3.44. The molecule has 0 saturated carbocycles. The average molecular weight is 382 g/mol. The van der Waals surface area contributed by atoms with Gasteiger partial charge in [0.2, 0.25) is 0 Å². The van der Waals surface area contributed by atoms with Crippen molar-refractivity contribution in [2.45, 2.75) is 69.0 Å². The second kappa shape index (κ2) is 9.20. The Balaban J connectivity index is 2.14. The van der Waals surface area contributed by atoms with Gasteiger partial charge in [-0.05, 0) is 5.92 Å². The molecule has 0 aromatic rings. The summed E-state index contributed by atoms with van der Waals surface area (Å²) in [4.78, 5) is 0. The van der Waals surface area contributed by atoms with Crippen molar-refractivity contribution in [2.24, 2.45) is 11.8 Å². The number of hydrogen-bond acceptors (Lipinski definition) is 10. The van der Waals surface area contributed by atoms with Crippen molar-refractivity contribution >= 4 is 0 Å². The summed E-state index contributed by atoms with van der Waals surface area (Å²) < 4.78 is 16.6. The van der Waals surface area contributed by atoms with Crippen LogP contribution in [0.15, 0.2) is 0 Å². The van der Waals surface area contributed by atoms with Gasteiger partial charge in [0, 0.05) is 5.92 Å². The Morgan fingerprint density at radius 2 is 1.38 bits per heavy atom. The van der Waals surface area contributed by atoms with Crippen molar-refractivity contribution in [2.75, 3.05) is 19.8 Å². The number of aliphatic hydroxyl groups excluding tert-OH is 7. The van der Waals surface area contributed by atoms with Gasteiger partial charge in [0.25, 0.3) is 0 Å². The Morgan fingerprint density at radius 3 is 1.88 bits per heavy atom. The van der Waals surface area contributed by atoms with Crippen LogP contribution in [0.5, 0.6) is 0 Å². The average Bonchev–Trinajstić information content (AvgIpc) is 2.62. The van der Waals surface area contributed by atoms with E-state index in [1.54, 1.807) is 13.8 Å². The minimum atomic E-state index is -1.57. The third-order valence-corrected chi connectivity index (χ3v) is 5.09. The van der Waals surface area contributed by atoms with E-state index < -0.39 is 80.9 Å². The second-order valence-electron chi connectivity index (χ2n) is 7.20. The maximum absolute atomic E-state index is 10.4. The monoisotopic (exact) mass is 382 g/mol. The fourth-order valence-electron chi connectivity index (χ4n) is 3.49. The van der Waals surface area contributed by atoms with Crippen LogP contribution < -0.4 is 0 Å².